The Labute approximate surface area is 149 Å². The molecule has 4 heteroatoms. The lowest BCUT2D eigenvalue weighted by Gasteiger charge is -2.16. The maximum absolute atomic E-state index is 12.8. The number of hydrogen-bond acceptors (Lipinski definition) is 2. The molecule has 2 heterocycles. The monoisotopic (exact) mass is 337 g/mol. The van der Waals surface area contributed by atoms with E-state index in [2.05, 4.69) is 54.0 Å². The Morgan fingerprint density at radius 1 is 1.16 bits per heavy atom. The first-order chi connectivity index (χ1) is 12.1. The van der Waals surface area contributed by atoms with Crippen LogP contribution in [0.4, 0.5) is 0 Å². The molecule has 0 aliphatic heterocycles. The normalized spacial score (nSPS) is 12.6. The minimum absolute atomic E-state index is 0.127. The molecule has 1 aromatic carbocycles. The molecular weight excluding hydrogens is 310 g/mol. The van der Waals surface area contributed by atoms with Crippen LogP contribution in [0.25, 0.3) is 10.9 Å². The van der Waals surface area contributed by atoms with Gasteiger partial charge in [-0.15, -0.1) is 0 Å². The Balaban J connectivity index is 1.91. The van der Waals surface area contributed by atoms with Crippen LogP contribution in [0.2, 0.25) is 0 Å². The molecule has 0 bridgehead atoms. The van der Waals surface area contributed by atoms with Gasteiger partial charge in [-0.05, 0) is 24.0 Å². The predicted molar refractivity (Wildman–Crippen MR) is 102 cm³/mol. The molecule has 3 aromatic rings. The van der Waals surface area contributed by atoms with E-state index in [0.717, 1.165) is 12.8 Å². The summed E-state index contributed by atoms with van der Waals surface area (Å²) in [6, 6.07) is 8.46. The van der Waals surface area contributed by atoms with E-state index in [1.807, 2.05) is 17.8 Å². The number of benzene rings is 1. The van der Waals surface area contributed by atoms with Gasteiger partial charge in [0.25, 0.3) is 0 Å². The second-order valence-electron chi connectivity index (χ2n) is 6.89. The number of fused-ring (bicyclic) bond motifs is 1. The van der Waals surface area contributed by atoms with Crippen molar-refractivity contribution in [3.63, 3.8) is 0 Å². The van der Waals surface area contributed by atoms with E-state index in [4.69, 9.17) is 0 Å². The molecule has 3 rings (SSSR count). The fourth-order valence-electron chi connectivity index (χ4n) is 3.66. The molecule has 0 radical (unpaired) electrons. The first kappa shape index (κ1) is 17.5. The first-order valence-corrected chi connectivity index (χ1v) is 9.16. The maximum atomic E-state index is 12.8. The standard InChI is InChI=1S/C21H27N3O/c1-4-5-6-9-16(14-20(25)21-22-12-13-23(21)2)18-15-24(3)19-11-8-7-10-17(18)19/h7-8,10-13,15-16H,4-6,9,14H2,1-3H3/t16-/m1/s1. The van der Waals surface area contributed by atoms with Crippen molar-refractivity contribution in [1.82, 2.24) is 14.1 Å². The number of hydrogen-bond donors (Lipinski definition) is 0. The summed E-state index contributed by atoms with van der Waals surface area (Å²) in [6.07, 6.45) is 10.8. The van der Waals surface area contributed by atoms with Gasteiger partial charge < -0.3 is 9.13 Å². The summed E-state index contributed by atoms with van der Waals surface area (Å²) in [5.74, 6) is 0.921. The molecule has 0 amide bonds. The van der Waals surface area contributed by atoms with Crippen LogP contribution in [-0.4, -0.2) is 19.9 Å². The molecule has 25 heavy (non-hydrogen) atoms. The van der Waals surface area contributed by atoms with Crippen molar-refractivity contribution in [2.75, 3.05) is 0 Å². The molecule has 1 atom stereocenters. The molecule has 0 aliphatic rings. The smallest absolute Gasteiger partial charge is 0.198 e. The third-order valence-corrected chi connectivity index (χ3v) is 5.03. The highest BCUT2D eigenvalue weighted by molar-refractivity contribution is 5.94. The quantitative estimate of drug-likeness (QED) is 0.435. The summed E-state index contributed by atoms with van der Waals surface area (Å²) >= 11 is 0. The Hall–Kier alpha value is -2.36. The average molecular weight is 337 g/mol. The largest absolute Gasteiger partial charge is 0.350 e. The minimum Gasteiger partial charge on any atom is -0.350 e. The van der Waals surface area contributed by atoms with Gasteiger partial charge in [0, 0.05) is 50.0 Å². The lowest BCUT2D eigenvalue weighted by Crippen LogP contribution is -2.12. The number of imidazole rings is 1. The molecule has 4 nitrogen and oxygen atoms in total. The third kappa shape index (κ3) is 3.68. The first-order valence-electron chi connectivity index (χ1n) is 9.16. The highest BCUT2D eigenvalue weighted by Crippen LogP contribution is 2.33. The Bertz CT molecular complexity index is 859. The fourth-order valence-corrected chi connectivity index (χ4v) is 3.66. The second kappa shape index (κ2) is 7.68. The lowest BCUT2D eigenvalue weighted by atomic mass is 9.88. The van der Waals surface area contributed by atoms with Crippen LogP contribution in [0.3, 0.4) is 0 Å². The van der Waals surface area contributed by atoms with Gasteiger partial charge in [-0.25, -0.2) is 4.98 Å². The summed E-state index contributed by atoms with van der Waals surface area (Å²) in [5, 5.41) is 1.26. The SMILES string of the molecule is CCCCC[C@H](CC(=O)c1nccn1C)c1cn(C)c2ccccc12. The van der Waals surface area contributed by atoms with Crippen LogP contribution in [0.5, 0.6) is 0 Å². The average Bonchev–Trinajstić information content (AvgIpc) is 3.18. The highest BCUT2D eigenvalue weighted by Gasteiger charge is 2.22. The Morgan fingerprint density at radius 2 is 1.96 bits per heavy atom. The van der Waals surface area contributed by atoms with Gasteiger partial charge in [-0.2, -0.15) is 0 Å². The number of unbranched alkanes of at least 4 members (excludes halogenated alkanes) is 2. The van der Waals surface area contributed by atoms with Crippen LogP contribution in [0, 0.1) is 0 Å². The second-order valence-corrected chi connectivity index (χ2v) is 6.89. The number of rotatable bonds is 8. The molecule has 0 unspecified atom stereocenters. The molecule has 2 aromatic heterocycles. The van der Waals surface area contributed by atoms with Crippen molar-refractivity contribution in [3.8, 4) is 0 Å². The third-order valence-electron chi connectivity index (χ3n) is 5.03. The van der Waals surface area contributed by atoms with Gasteiger partial charge in [-0.1, -0.05) is 44.4 Å². The van der Waals surface area contributed by atoms with Crippen molar-refractivity contribution in [2.24, 2.45) is 14.1 Å². The van der Waals surface area contributed by atoms with Gasteiger partial charge >= 0.3 is 0 Å². The molecule has 0 fully saturated rings. The Kier molecular flexibility index (Phi) is 5.37. The number of aromatic nitrogens is 3. The highest BCUT2D eigenvalue weighted by atomic mass is 16.1. The van der Waals surface area contributed by atoms with Crippen LogP contribution in [-0.2, 0) is 14.1 Å². The topological polar surface area (TPSA) is 39.8 Å². The zero-order valence-corrected chi connectivity index (χ0v) is 15.4. The van der Waals surface area contributed by atoms with Crippen molar-refractivity contribution in [3.05, 3.63) is 54.2 Å². The summed E-state index contributed by atoms with van der Waals surface area (Å²) in [5.41, 5.74) is 2.51. The number of aryl methyl sites for hydroxylation is 2. The molecular formula is C21H27N3O. The summed E-state index contributed by atoms with van der Waals surface area (Å²) in [7, 11) is 3.96. The fraction of sp³-hybridized carbons (Fsp3) is 0.429. The van der Waals surface area contributed by atoms with E-state index in [0.29, 0.717) is 12.2 Å². The summed E-state index contributed by atoms with van der Waals surface area (Å²) < 4.78 is 3.98. The number of carbonyl (C=O) groups is 1. The molecule has 0 N–H and O–H groups in total. The van der Waals surface area contributed by atoms with Gasteiger partial charge in [-0.3, -0.25) is 4.79 Å². The molecule has 0 spiro atoms. The number of ketones is 1. The zero-order chi connectivity index (χ0) is 17.8. The van der Waals surface area contributed by atoms with E-state index in [1.54, 1.807) is 6.20 Å². The van der Waals surface area contributed by atoms with E-state index < -0.39 is 0 Å². The molecule has 132 valence electrons. The lowest BCUT2D eigenvalue weighted by molar-refractivity contribution is 0.0959. The van der Waals surface area contributed by atoms with E-state index in [-0.39, 0.29) is 11.7 Å². The predicted octanol–water partition coefficient (Wildman–Crippen LogP) is 4.85. The van der Waals surface area contributed by atoms with Crippen molar-refractivity contribution in [1.29, 1.82) is 0 Å². The van der Waals surface area contributed by atoms with Crippen LogP contribution in [0.15, 0.2) is 42.9 Å². The minimum atomic E-state index is 0.127. The van der Waals surface area contributed by atoms with Crippen molar-refractivity contribution in [2.45, 2.75) is 44.9 Å². The van der Waals surface area contributed by atoms with Gasteiger partial charge in [0.15, 0.2) is 11.6 Å². The van der Waals surface area contributed by atoms with Gasteiger partial charge in [0.2, 0.25) is 0 Å². The van der Waals surface area contributed by atoms with Crippen molar-refractivity contribution < 1.29 is 4.79 Å². The summed E-state index contributed by atoms with van der Waals surface area (Å²) in [6.45, 7) is 2.21. The number of nitrogens with zero attached hydrogens (tertiary/aromatic N) is 3. The van der Waals surface area contributed by atoms with Crippen LogP contribution in [0.1, 0.15) is 61.1 Å². The van der Waals surface area contributed by atoms with Gasteiger partial charge in [0.05, 0.1) is 0 Å². The van der Waals surface area contributed by atoms with Gasteiger partial charge in [0.1, 0.15) is 0 Å². The van der Waals surface area contributed by atoms with E-state index in [9.17, 15) is 4.79 Å². The number of carbonyl (C=O) groups excluding carboxylic acids is 1. The molecule has 0 aliphatic carbocycles. The van der Waals surface area contributed by atoms with Crippen LogP contribution < -0.4 is 0 Å². The van der Waals surface area contributed by atoms with E-state index in [1.165, 1.54) is 29.3 Å². The van der Waals surface area contributed by atoms with E-state index >= 15 is 0 Å². The van der Waals surface area contributed by atoms with Crippen molar-refractivity contribution >= 4 is 16.7 Å². The zero-order valence-electron chi connectivity index (χ0n) is 15.4. The maximum Gasteiger partial charge on any atom is 0.198 e. The summed E-state index contributed by atoms with van der Waals surface area (Å²) in [4.78, 5) is 17.0. The number of Topliss-reactive ketones (excluding diaryl/α,β-unsaturated/α-hetero) is 1. The molecule has 0 saturated carbocycles. The molecule has 0 saturated heterocycles. The Morgan fingerprint density at radius 3 is 2.68 bits per heavy atom. The van der Waals surface area contributed by atoms with Crippen LogP contribution >= 0.6 is 0 Å². The number of para-hydroxylation sites is 1.